The highest BCUT2D eigenvalue weighted by molar-refractivity contribution is 5.14. The van der Waals surface area contributed by atoms with Gasteiger partial charge in [0.15, 0.2) is 0 Å². The van der Waals surface area contributed by atoms with E-state index in [2.05, 4.69) is 35.1 Å². The number of hydrogen-bond acceptors (Lipinski definition) is 2. The predicted molar refractivity (Wildman–Crippen MR) is 73.6 cm³/mol. The van der Waals surface area contributed by atoms with Gasteiger partial charge >= 0.3 is 0 Å². The Labute approximate surface area is 110 Å². The van der Waals surface area contributed by atoms with Gasteiger partial charge in [0, 0.05) is 25.3 Å². The van der Waals surface area contributed by atoms with Crippen molar-refractivity contribution in [2.24, 2.45) is 12.5 Å². The summed E-state index contributed by atoms with van der Waals surface area (Å²) in [5, 5.41) is 8.31. The molecule has 3 heteroatoms. The summed E-state index contributed by atoms with van der Waals surface area (Å²) in [5.41, 5.74) is 3.18. The van der Waals surface area contributed by atoms with Crippen LogP contribution in [0.4, 0.5) is 0 Å². The minimum absolute atomic E-state index is 0.529. The molecular weight excluding hydrogens is 222 g/mol. The van der Waals surface area contributed by atoms with E-state index < -0.39 is 0 Å². The third kappa shape index (κ3) is 2.46. The third-order valence-electron chi connectivity index (χ3n) is 4.70. The van der Waals surface area contributed by atoms with E-state index in [-0.39, 0.29) is 0 Å². The largest absolute Gasteiger partial charge is 0.313 e. The van der Waals surface area contributed by atoms with Gasteiger partial charge in [0.25, 0.3) is 0 Å². The second kappa shape index (κ2) is 4.69. The molecule has 2 saturated carbocycles. The van der Waals surface area contributed by atoms with Crippen LogP contribution in [0.25, 0.3) is 0 Å². The van der Waals surface area contributed by atoms with E-state index >= 15 is 0 Å². The van der Waals surface area contributed by atoms with Crippen LogP contribution >= 0.6 is 0 Å². The van der Waals surface area contributed by atoms with E-state index in [0.717, 1.165) is 12.5 Å². The van der Waals surface area contributed by atoms with Crippen LogP contribution < -0.4 is 5.32 Å². The summed E-state index contributed by atoms with van der Waals surface area (Å²) >= 11 is 0. The van der Waals surface area contributed by atoms with Gasteiger partial charge in [0.2, 0.25) is 0 Å². The first-order chi connectivity index (χ1) is 8.71. The standard InChI is InChI=1S/C15H25N3/c1-3-12-9-14(18(2)17-12)10-15(7-4-8-15)11-16-13-5-6-13/h9,13,16H,3-8,10-11H2,1-2H3. The Morgan fingerprint density at radius 2 is 2.22 bits per heavy atom. The fraction of sp³-hybridized carbons (Fsp3) is 0.800. The van der Waals surface area contributed by atoms with Gasteiger partial charge < -0.3 is 5.32 Å². The first kappa shape index (κ1) is 12.2. The molecule has 0 radical (unpaired) electrons. The van der Waals surface area contributed by atoms with Gasteiger partial charge in [-0.25, -0.2) is 0 Å². The molecule has 0 unspecified atom stereocenters. The molecule has 0 amide bonds. The van der Waals surface area contributed by atoms with Crippen molar-refractivity contribution in [2.45, 2.75) is 57.9 Å². The van der Waals surface area contributed by atoms with E-state index in [9.17, 15) is 0 Å². The fourth-order valence-corrected chi connectivity index (χ4v) is 3.04. The number of hydrogen-bond donors (Lipinski definition) is 1. The highest BCUT2D eigenvalue weighted by Crippen LogP contribution is 2.43. The molecule has 2 fully saturated rings. The minimum atomic E-state index is 0.529. The van der Waals surface area contributed by atoms with Crippen molar-refractivity contribution in [3.8, 4) is 0 Å². The lowest BCUT2D eigenvalue weighted by atomic mass is 9.66. The van der Waals surface area contributed by atoms with Gasteiger partial charge in [0.1, 0.15) is 0 Å². The Kier molecular flexibility index (Phi) is 3.18. The molecule has 0 atom stereocenters. The smallest absolute Gasteiger partial charge is 0.0624 e. The van der Waals surface area contributed by atoms with Crippen LogP contribution in [0.3, 0.4) is 0 Å². The summed E-state index contributed by atoms with van der Waals surface area (Å²) in [4.78, 5) is 0. The van der Waals surface area contributed by atoms with Gasteiger partial charge in [0.05, 0.1) is 5.69 Å². The van der Waals surface area contributed by atoms with Gasteiger partial charge in [-0.3, -0.25) is 4.68 Å². The van der Waals surface area contributed by atoms with Crippen LogP contribution in [0.1, 0.15) is 50.4 Å². The lowest BCUT2D eigenvalue weighted by Crippen LogP contribution is -2.42. The summed E-state index contributed by atoms with van der Waals surface area (Å²) in [5.74, 6) is 0. The Balaban J connectivity index is 1.65. The second-order valence-electron chi connectivity index (χ2n) is 6.29. The van der Waals surface area contributed by atoms with Crippen molar-refractivity contribution in [2.75, 3.05) is 6.54 Å². The molecule has 1 heterocycles. The zero-order valence-electron chi connectivity index (χ0n) is 11.7. The Bertz CT molecular complexity index is 413. The lowest BCUT2D eigenvalue weighted by molar-refractivity contribution is 0.126. The van der Waals surface area contributed by atoms with Crippen molar-refractivity contribution in [1.29, 1.82) is 0 Å². The topological polar surface area (TPSA) is 29.9 Å². The highest BCUT2D eigenvalue weighted by atomic mass is 15.3. The molecule has 1 aromatic rings. The van der Waals surface area contributed by atoms with E-state index in [1.807, 2.05) is 0 Å². The van der Waals surface area contributed by atoms with E-state index in [1.165, 1.54) is 56.5 Å². The molecule has 2 aliphatic carbocycles. The van der Waals surface area contributed by atoms with E-state index in [1.54, 1.807) is 0 Å². The number of aromatic nitrogens is 2. The first-order valence-electron chi connectivity index (χ1n) is 7.46. The third-order valence-corrected chi connectivity index (χ3v) is 4.70. The van der Waals surface area contributed by atoms with E-state index in [0.29, 0.717) is 5.41 Å². The predicted octanol–water partition coefficient (Wildman–Crippen LogP) is 2.45. The number of nitrogens with zero attached hydrogens (tertiary/aromatic N) is 2. The maximum Gasteiger partial charge on any atom is 0.0624 e. The Hall–Kier alpha value is -0.830. The maximum atomic E-state index is 4.58. The summed E-state index contributed by atoms with van der Waals surface area (Å²) in [6.45, 7) is 3.39. The van der Waals surface area contributed by atoms with Crippen molar-refractivity contribution in [3.63, 3.8) is 0 Å². The molecule has 0 aromatic carbocycles. The van der Waals surface area contributed by atoms with Crippen LogP contribution in [0.2, 0.25) is 0 Å². The van der Waals surface area contributed by atoms with Crippen LogP contribution in [0.5, 0.6) is 0 Å². The zero-order chi connectivity index (χ0) is 12.6. The number of nitrogens with one attached hydrogen (secondary N) is 1. The van der Waals surface area contributed by atoms with Crippen LogP contribution in [0, 0.1) is 5.41 Å². The molecule has 0 spiro atoms. The molecule has 100 valence electrons. The van der Waals surface area contributed by atoms with Crippen molar-refractivity contribution in [1.82, 2.24) is 15.1 Å². The second-order valence-corrected chi connectivity index (χ2v) is 6.29. The van der Waals surface area contributed by atoms with Crippen LogP contribution in [-0.2, 0) is 19.9 Å². The normalized spacial score (nSPS) is 21.9. The lowest BCUT2D eigenvalue weighted by Gasteiger charge is -2.42. The molecule has 0 bridgehead atoms. The quantitative estimate of drug-likeness (QED) is 0.837. The van der Waals surface area contributed by atoms with Crippen LogP contribution in [0.15, 0.2) is 6.07 Å². The van der Waals surface area contributed by atoms with E-state index in [4.69, 9.17) is 0 Å². The van der Waals surface area contributed by atoms with Crippen molar-refractivity contribution >= 4 is 0 Å². The summed E-state index contributed by atoms with van der Waals surface area (Å²) in [6, 6.07) is 3.14. The molecule has 1 aromatic heterocycles. The summed E-state index contributed by atoms with van der Waals surface area (Å²) < 4.78 is 2.09. The molecule has 2 aliphatic rings. The molecule has 3 nitrogen and oxygen atoms in total. The average Bonchev–Trinajstić information content (AvgIpc) is 3.07. The molecule has 3 rings (SSSR count). The molecule has 1 N–H and O–H groups in total. The van der Waals surface area contributed by atoms with Crippen molar-refractivity contribution < 1.29 is 0 Å². The molecule has 18 heavy (non-hydrogen) atoms. The fourth-order valence-electron chi connectivity index (χ4n) is 3.04. The molecular formula is C15H25N3. The van der Waals surface area contributed by atoms with Gasteiger partial charge in [-0.2, -0.15) is 5.10 Å². The molecule has 0 saturated heterocycles. The minimum Gasteiger partial charge on any atom is -0.313 e. The number of rotatable bonds is 6. The maximum absolute atomic E-state index is 4.58. The number of aryl methyl sites for hydroxylation is 2. The van der Waals surface area contributed by atoms with Gasteiger partial charge in [-0.1, -0.05) is 13.3 Å². The first-order valence-corrected chi connectivity index (χ1v) is 7.46. The van der Waals surface area contributed by atoms with Gasteiger partial charge in [-0.15, -0.1) is 0 Å². The van der Waals surface area contributed by atoms with Crippen LogP contribution in [-0.4, -0.2) is 22.4 Å². The summed E-state index contributed by atoms with van der Waals surface area (Å²) in [6.07, 6.45) is 9.21. The SMILES string of the molecule is CCc1cc(CC2(CNC3CC3)CCC2)n(C)n1. The zero-order valence-corrected chi connectivity index (χ0v) is 11.7. The molecule has 0 aliphatic heterocycles. The monoisotopic (exact) mass is 247 g/mol. The Morgan fingerprint density at radius 1 is 1.44 bits per heavy atom. The van der Waals surface area contributed by atoms with Gasteiger partial charge in [-0.05, 0) is 50.0 Å². The van der Waals surface area contributed by atoms with Crippen molar-refractivity contribution in [3.05, 3.63) is 17.5 Å². The average molecular weight is 247 g/mol. The summed E-state index contributed by atoms with van der Waals surface area (Å²) in [7, 11) is 2.09. The Morgan fingerprint density at radius 3 is 2.72 bits per heavy atom. The highest BCUT2D eigenvalue weighted by Gasteiger charge is 2.38.